The van der Waals surface area contributed by atoms with E-state index in [1.165, 1.54) is 0 Å². The van der Waals surface area contributed by atoms with Crippen molar-refractivity contribution in [3.05, 3.63) is 53.1 Å². The lowest BCUT2D eigenvalue weighted by atomic mass is 9.99. The Morgan fingerprint density at radius 1 is 1.15 bits per heavy atom. The third-order valence-corrected chi connectivity index (χ3v) is 3.20. The van der Waals surface area contributed by atoms with Crippen LogP contribution in [0, 0.1) is 0 Å². The maximum absolute atomic E-state index is 12.0. The lowest BCUT2D eigenvalue weighted by Gasteiger charge is -2.11. The maximum Gasteiger partial charge on any atom is 0.338 e. The summed E-state index contributed by atoms with van der Waals surface area (Å²) in [6.07, 6.45) is 0. The van der Waals surface area contributed by atoms with Crippen molar-refractivity contribution in [2.75, 3.05) is 13.7 Å². The second kappa shape index (κ2) is 6.44. The van der Waals surface area contributed by atoms with Crippen LogP contribution in [0.2, 0.25) is 5.02 Å². The smallest absolute Gasteiger partial charge is 0.338 e. The second-order valence-electron chi connectivity index (χ2n) is 4.11. The zero-order chi connectivity index (χ0) is 14.5. The summed E-state index contributed by atoms with van der Waals surface area (Å²) in [6.45, 7) is 2.10. The molecule has 0 atom stereocenters. The lowest BCUT2D eigenvalue weighted by molar-refractivity contribution is 0.0527. The summed E-state index contributed by atoms with van der Waals surface area (Å²) in [5.74, 6) is 0.374. The SMILES string of the molecule is CCOC(=O)c1cccc(Cl)c1-c1ccc(OC)cc1. The van der Waals surface area contributed by atoms with Crippen molar-refractivity contribution in [1.82, 2.24) is 0 Å². The van der Waals surface area contributed by atoms with Gasteiger partial charge in [0.1, 0.15) is 5.75 Å². The largest absolute Gasteiger partial charge is 0.497 e. The molecule has 4 heteroatoms. The predicted octanol–water partition coefficient (Wildman–Crippen LogP) is 4.19. The van der Waals surface area contributed by atoms with E-state index in [1.807, 2.05) is 24.3 Å². The Labute approximate surface area is 123 Å². The number of halogens is 1. The van der Waals surface area contributed by atoms with E-state index in [4.69, 9.17) is 21.1 Å². The molecular weight excluding hydrogens is 276 g/mol. The molecule has 0 spiro atoms. The number of hydrogen-bond acceptors (Lipinski definition) is 3. The van der Waals surface area contributed by atoms with Crippen molar-refractivity contribution in [2.24, 2.45) is 0 Å². The van der Waals surface area contributed by atoms with Crippen LogP contribution in [-0.4, -0.2) is 19.7 Å². The lowest BCUT2D eigenvalue weighted by Crippen LogP contribution is -2.06. The Bertz CT molecular complexity index is 606. The summed E-state index contributed by atoms with van der Waals surface area (Å²) < 4.78 is 10.2. The highest BCUT2D eigenvalue weighted by Crippen LogP contribution is 2.32. The first-order chi connectivity index (χ1) is 9.67. The molecule has 0 aliphatic rings. The molecule has 0 saturated carbocycles. The highest BCUT2D eigenvalue weighted by Gasteiger charge is 2.16. The van der Waals surface area contributed by atoms with Crippen LogP contribution < -0.4 is 4.74 Å². The van der Waals surface area contributed by atoms with Gasteiger partial charge in [0.15, 0.2) is 0 Å². The number of carbonyl (C=O) groups excluding carboxylic acids is 1. The Hall–Kier alpha value is -2.00. The Balaban J connectivity index is 2.51. The van der Waals surface area contributed by atoms with E-state index in [9.17, 15) is 4.79 Å². The van der Waals surface area contributed by atoms with Crippen molar-refractivity contribution < 1.29 is 14.3 Å². The molecule has 0 heterocycles. The molecule has 0 amide bonds. The van der Waals surface area contributed by atoms with Gasteiger partial charge in [0.2, 0.25) is 0 Å². The molecule has 2 aromatic carbocycles. The Kier molecular flexibility index (Phi) is 4.64. The fourth-order valence-corrected chi connectivity index (χ4v) is 2.24. The first kappa shape index (κ1) is 14.4. The van der Waals surface area contributed by atoms with Gasteiger partial charge in [-0.1, -0.05) is 29.8 Å². The number of hydrogen-bond donors (Lipinski definition) is 0. The molecular formula is C16H15ClO3. The molecule has 0 N–H and O–H groups in total. The standard InChI is InChI=1S/C16H15ClO3/c1-3-20-16(18)13-5-4-6-14(17)15(13)11-7-9-12(19-2)10-8-11/h4-10H,3H2,1-2H3. The van der Waals surface area contributed by atoms with E-state index in [-0.39, 0.29) is 5.97 Å². The molecule has 104 valence electrons. The first-order valence-electron chi connectivity index (χ1n) is 6.27. The minimum atomic E-state index is -0.374. The van der Waals surface area contributed by atoms with Gasteiger partial charge in [0, 0.05) is 10.6 Å². The summed E-state index contributed by atoms with van der Waals surface area (Å²) in [5.41, 5.74) is 1.99. The summed E-state index contributed by atoms with van der Waals surface area (Å²) in [6, 6.07) is 12.6. The molecule has 0 aromatic heterocycles. The van der Waals surface area contributed by atoms with Crippen LogP contribution in [0.25, 0.3) is 11.1 Å². The topological polar surface area (TPSA) is 35.5 Å². The third-order valence-electron chi connectivity index (χ3n) is 2.89. The Morgan fingerprint density at radius 2 is 1.85 bits per heavy atom. The quantitative estimate of drug-likeness (QED) is 0.792. The number of methoxy groups -OCH3 is 1. The van der Waals surface area contributed by atoms with E-state index in [2.05, 4.69) is 0 Å². The van der Waals surface area contributed by atoms with Crippen molar-refractivity contribution in [2.45, 2.75) is 6.92 Å². The summed E-state index contributed by atoms with van der Waals surface area (Å²) in [4.78, 5) is 12.0. The zero-order valence-electron chi connectivity index (χ0n) is 11.4. The van der Waals surface area contributed by atoms with Gasteiger partial charge in [-0.15, -0.1) is 0 Å². The van der Waals surface area contributed by atoms with Crippen LogP contribution in [0.1, 0.15) is 17.3 Å². The first-order valence-corrected chi connectivity index (χ1v) is 6.65. The van der Waals surface area contributed by atoms with Crippen LogP contribution in [0.4, 0.5) is 0 Å². The average Bonchev–Trinajstić information content (AvgIpc) is 2.47. The third kappa shape index (κ3) is 2.94. The molecule has 0 aliphatic heterocycles. The summed E-state index contributed by atoms with van der Waals surface area (Å²) in [5, 5.41) is 0.515. The normalized spacial score (nSPS) is 10.2. The Morgan fingerprint density at radius 3 is 2.45 bits per heavy atom. The van der Waals surface area contributed by atoms with E-state index >= 15 is 0 Å². The molecule has 3 nitrogen and oxygen atoms in total. The fraction of sp³-hybridized carbons (Fsp3) is 0.188. The van der Waals surface area contributed by atoms with Gasteiger partial charge in [-0.25, -0.2) is 4.79 Å². The average molecular weight is 291 g/mol. The monoisotopic (exact) mass is 290 g/mol. The molecule has 0 radical (unpaired) electrons. The van der Waals surface area contributed by atoms with Crippen LogP contribution in [0.15, 0.2) is 42.5 Å². The van der Waals surface area contributed by atoms with Crippen molar-refractivity contribution >= 4 is 17.6 Å². The highest BCUT2D eigenvalue weighted by molar-refractivity contribution is 6.34. The van der Waals surface area contributed by atoms with Gasteiger partial charge in [-0.05, 0) is 36.8 Å². The van der Waals surface area contributed by atoms with Gasteiger partial charge >= 0.3 is 5.97 Å². The van der Waals surface area contributed by atoms with Gasteiger partial charge < -0.3 is 9.47 Å². The summed E-state index contributed by atoms with van der Waals surface area (Å²) >= 11 is 6.24. The summed E-state index contributed by atoms with van der Waals surface area (Å²) in [7, 11) is 1.61. The van der Waals surface area contributed by atoms with Crippen LogP contribution in [0.5, 0.6) is 5.75 Å². The minimum absolute atomic E-state index is 0.327. The van der Waals surface area contributed by atoms with E-state index in [1.54, 1.807) is 32.2 Å². The van der Waals surface area contributed by atoms with E-state index < -0.39 is 0 Å². The maximum atomic E-state index is 12.0. The van der Waals surface area contributed by atoms with Crippen LogP contribution in [0.3, 0.4) is 0 Å². The number of benzene rings is 2. The minimum Gasteiger partial charge on any atom is -0.497 e. The van der Waals surface area contributed by atoms with Crippen molar-refractivity contribution in [3.63, 3.8) is 0 Å². The molecule has 0 aliphatic carbocycles. The highest BCUT2D eigenvalue weighted by atomic mass is 35.5. The fourth-order valence-electron chi connectivity index (χ4n) is 1.95. The van der Waals surface area contributed by atoms with E-state index in [0.717, 1.165) is 11.3 Å². The molecule has 0 fully saturated rings. The number of esters is 1. The van der Waals surface area contributed by atoms with Crippen LogP contribution >= 0.6 is 11.6 Å². The van der Waals surface area contributed by atoms with Gasteiger partial charge in [0.25, 0.3) is 0 Å². The predicted molar refractivity (Wildman–Crippen MR) is 79.4 cm³/mol. The number of ether oxygens (including phenoxy) is 2. The molecule has 2 rings (SSSR count). The number of carbonyl (C=O) groups is 1. The van der Waals surface area contributed by atoms with E-state index in [0.29, 0.717) is 22.8 Å². The molecule has 0 bridgehead atoms. The van der Waals surface area contributed by atoms with Crippen LogP contribution in [-0.2, 0) is 4.74 Å². The number of rotatable bonds is 4. The van der Waals surface area contributed by atoms with Gasteiger partial charge in [-0.2, -0.15) is 0 Å². The van der Waals surface area contributed by atoms with Crippen molar-refractivity contribution in [1.29, 1.82) is 0 Å². The second-order valence-corrected chi connectivity index (χ2v) is 4.52. The molecule has 0 saturated heterocycles. The van der Waals surface area contributed by atoms with Crippen molar-refractivity contribution in [3.8, 4) is 16.9 Å². The molecule has 20 heavy (non-hydrogen) atoms. The van der Waals surface area contributed by atoms with Gasteiger partial charge in [-0.3, -0.25) is 0 Å². The molecule has 0 unspecified atom stereocenters. The zero-order valence-corrected chi connectivity index (χ0v) is 12.1. The molecule has 2 aromatic rings. The van der Waals surface area contributed by atoms with Gasteiger partial charge in [0.05, 0.1) is 19.3 Å².